The number of rotatable bonds is 4. The van der Waals surface area contributed by atoms with E-state index in [9.17, 15) is 4.79 Å². The van der Waals surface area contributed by atoms with E-state index in [1.807, 2.05) is 23.1 Å². The van der Waals surface area contributed by atoms with Gasteiger partial charge in [0.25, 0.3) is 0 Å². The lowest BCUT2D eigenvalue weighted by molar-refractivity contribution is -0.135. The number of amides is 1. The van der Waals surface area contributed by atoms with Gasteiger partial charge in [-0.2, -0.15) is 0 Å². The summed E-state index contributed by atoms with van der Waals surface area (Å²) in [6, 6.07) is 10.0. The van der Waals surface area contributed by atoms with Crippen LogP contribution in [-0.4, -0.2) is 64.9 Å². The zero-order valence-electron chi connectivity index (χ0n) is 14.9. The number of nitrogens with one attached hydrogen (secondary N) is 2. The molecule has 1 aromatic carbocycles. The van der Waals surface area contributed by atoms with Crippen molar-refractivity contribution in [2.75, 3.05) is 39.3 Å². The largest absolute Gasteiger partial charge is 0.348 e. The number of benzene rings is 1. The Morgan fingerprint density at radius 2 is 2.00 bits per heavy atom. The summed E-state index contributed by atoms with van der Waals surface area (Å²) in [6.07, 6.45) is 6.95. The van der Waals surface area contributed by atoms with Crippen LogP contribution in [0, 0.1) is 0 Å². The van der Waals surface area contributed by atoms with Crippen molar-refractivity contribution >= 4 is 12.0 Å². The van der Waals surface area contributed by atoms with Crippen LogP contribution in [0.2, 0.25) is 0 Å². The molecule has 6 heteroatoms. The Morgan fingerprint density at radius 3 is 2.81 bits per heavy atom. The van der Waals surface area contributed by atoms with Crippen molar-refractivity contribution in [2.45, 2.75) is 12.5 Å². The van der Waals surface area contributed by atoms with Gasteiger partial charge in [0.15, 0.2) is 0 Å². The summed E-state index contributed by atoms with van der Waals surface area (Å²) in [5, 5.41) is 3.32. The molecule has 2 aliphatic rings. The van der Waals surface area contributed by atoms with E-state index in [2.05, 4.69) is 44.5 Å². The average molecular weight is 351 g/mol. The average Bonchev–Trinajstić information content (AvgIpc) is 3.18. The molecule has 2 aliphatic heterocycles. The van der Waals surface area contributed by atoms with Gasteiger partial charge in [-0.3, -0.25) is 9.69 Å². The van der Waals surface area contributed by atoms with Crippen LogP contribution in [0.25, 0.3) is 6.08 Å². The van der Waals surface area contributed by atoms with Crippen molar-refractivity contribution in [3.63, 3.8) is 0 Å². The van der Waals surface area contributed by atoms with Crippen LogP contribution in [0.15, 0.2) is 42.7 Å². The number of carbonyl (C=O) groups excluding carboxylic acids is 1. The second-order valence-corrected chi connectivity index (χ2v) is 6.84. The van der Waals surface area contributed by atoms with E-state index < -0.39 is 0 Å². The third-order valence-corrected chi connectivity index (χ3v) is 5.15. The highest BCUT2D eigenvalue weighted by atomic mass is 16.2. The maximum atomic E-state index is 12.9. The predicted molar refractivity (Wildman–Crippen MR) is 102 cm³/mol. The zero-order chi connectivity index (χ0) is 17.8. The number of nitrogens with zero attached hydrogens (tertiary/aromatic N) is 3. The van der Waals surface area contributed by atoms with Gasteiger partial charge in [-0.05, 0) is 5.56 Å². The highest BCUT2D eigenvalue weighted by Crippen LogP contribution is 2.22. The Hall–Kier alpha value is -2.44. The first kappa shape index (κ1) is 17.0. The molecule has 4 rings (SSSR count). The summed E-state index contributed by atoms with van der Waals surface area (Å²) in [5.41, 5.74) is 3.18. The summed E-state index contributed by atoms with van der Waals surface area (Å²) in [4.78, 5) is 24.8. The molecule has 2 aromatic rings. The molecule has 0 saturated carbocycles. The molecule has 0 radical (unpaired) electrons. The summed E-state index contributed by atoms with van der Waals surface area (Å²) >= 11 is 0. The maximum absolute atomic E-state index is 12.9. The lowest BCUT2D eigenvalue weighted by Gasteiger charge is -2.36. The zero-order valence-corrected chi connectivity index (χ0v) is 14.9. The summed E-state index contributed by atoms with van der Waals surface area (Å²) < 4.78 is 0. The van der Waals surface area contributed by atoms with Gasteiger partial charge in [-0.25, -0.2) is 4.98 Å². The molecule has 1 aromatic heterocycles. The number of imidazole rings is 1. The Bertz CT molecular complexity index is 762. The molecule has 3 heterocycles. The van der Waals surface area contributed by atoms with Crippen molar-refractivity contribution in [2.24, 2.45) is 0 Å². The first-order valence-electron chi connectivity index (χ1n) is 9.29. The summed E-state index contributed by atoms with van der Waals surface area (Å²) in [5.74, 6) is 0.150. The van der Waals surface area contributed by atoms with Crippen molar-refractivity contribution in [3.05, 3.63) is 59.7 Å². The molecule has 136 valence electrons. The van der Waals surface area contributed by atoms with Crippen molar-refractivity contribution in [1.82, 2.24) is 25.1 Å². The molecule has 0 bridgehead atoms. The number of aromatic nitrogens is 2. The van der Waals surface area contributed by atoms with Crippen LogP contribution in [0.3, 0.4) is 0 Å². The van der Waals surface area contributed by atoms with Crippen molar-refractivity contribution in [1.29, 1.82) is 0 Å². The summed E-state index contributed by atoms with van der Waals surface area (Å²) in [7, 11) is 0. The minimum absolute atomic E-state index is 0.150. The number of fused-ring (bicyclic) bond motifs is 1. The number of hydrogen-bond donors (Lipinski definition) is 2. The third-order valence-electron chi connectivity index (χ3n) is 5.15. The molecule has 26 heavy (non-hydrogen) atoms. The van der Waals surface area contributed by atoms with Crippen LogP contribution in [0.4, 0.5) is 0 Å². The van der Waals surface area contributed by atoms with Gasteiger partial charge in [0, 0.05) is 51.4 Å². The van der Waals surface area contributed by atoms with E-state index in [0.29, 0.717) is 0 Å². The third kappa shape index (κ3) is 3.71. The predicted octanol–water partition coefficient (Wildman–Crippen LogP) is 1.45. The van der Waals surface area contributed by atoms with Gasteiger partial charge in [-0.1, -0.05) is 42.5 Å². The van der Waals surface area contributed by atoms with Crippen LogP contribution in [0.1, 0.15) is 23.0 Å². The fraction of sp³-hybridized carbons (Fsp3) is 0.400. The minimum atomic E-state index is -0.297. The lowest BCUT2D eigenvalue weighted by atomic mass is 10.0. The fourth-order valence-corrected chi connectivity index (χ4v) is 3.66. The first-order valence-corrected chi connectivity index (χ1v) is 9.29. The molecule has 6 nitrogen and oxygen atoms in total. The van der Waals surface area contributed by atoms with Gasteiger partial charge in [0.2, 0.25) is 5.91 Å². The topological polar surface area (TPSA) is 64.3 Å². The quantitative estimate of drug-likeness (QED) is 0.875. The number of piperazine rings is 1. The highest BCUT2D eigenvalue weighted by Gasteiger charge is 2.32. The van der Waals surface area contributed by atoms with E-state index in [0.717, 1.165) is 57.1 Å². The SMILES string of the molecule is O=C([C@H]1NCCc2[nH]cnc21)N1CCN(C/C=C/c2ccccc2)CC1. The lowest BCUT2D eigenvalue weighted by Crippen LogP contribution is -2.52. The fourth-order valence-electron chi connectivity index (χ4n) is 3.66. The molecular formula is C20H25N5O. The minimum Gasteiger partial charge on any atom is -0.348 e. The number of hydrogen-bond acceptors (Lipinski definition) is 4. The van der Waals surface area contributed by atoms with Crippen LogP contribution in [0.5, 0.6) is 0 Å². The highest BCUT2D eigenvalue weighted by molar-refractivity contribution is 5.83. The van der Waals surface area contributed by atoms with Crippen LogP contribution < -0.4 is 5.32 Å². The number of carbonyl (C=O) groups is 1. The van der Waals surface area contributed by atoms with Gasteiger partial charge in [0.1, 0.15) is 6.04 Å². The van der Waals surface area contributed by atoms with Crippen molar-refractivity contribution in [3.8, 4) is 0 Å². The second-order valence-electron chi connectivity index (χ2n) is 6.84. The molecule has 1 atom stereocenters. The number of aromatic amines is 1. The van der Waals surface area contributed by atoms with E-state index in [4.69, 9.17) is 0 Å². The van der Waals surface area contributed by atoms with E-state index >= 15 is 0 Å². The van der Waals surface area contributed by atoms with E-state index in [1.54, 1.807) is 6.33 Å². The maximum Gasteiger partial charge on any atom is 0.246 e. The molecule has 1 fully saturated rings. The van der Waals surface area contributed by atoms with E-state index in [-0.39, 0.29) is 11.9 Å². The van der Waals surface area contributed by atoms with E-state index in [1.165, 1.54) is 5.56 Å². The molecule has 1 amide bonds. The van der Waals surface area contributed by atoms with Gasteiger partial charge < -0.3 is 15.2 Å². The van der Waals surface area contributed by atoms with Gasteiger partial charge in [0.05, 0.1) is 12.0 Å². The Balaban J connectivity index is 1.29. The smallest absolute Gasteiger partial charge is 0.246 e. The molecule has 1 saturated heterocycles. The monoisotopic (exact) mass is 351 g/mol. The molecule has 0 aliphatic carbocycles. The second kappa shape index (κ2) is 7.85. The normalized spacial score (nSPS) is 21.1. The molecular weight excluding hydrogens is 326 g/mol. The summed E-state index contributed by atoms with van der Waals surface area (Å²) in [6.45, 7) is 5.10. The Kier molecular flexibility index (Phi) is 5.13. The number of H-pyrrole nitrogens is 1. The first-order chi connectivity index (χ1) is 12.8. The van der Waals surface area contributed by atoms with Crippen molar-refractivity contribution < 1.29 is 4.79 Å². The van der Waals surface area contributed by atoms with Gasteiger partial charge >= 0.3 is 0 Å². The Morgan fingerprint density at radius 1 is 1.19 bits per heavy atom. The standard InChI is InChI=1S/C20H25N5O/c26-20(19-18-17(8-9-21-19)22-15-23-18)25-13-11-24(12-14-25)10-4-7-16-5-2-1-3-6-16/h1-7,15,19,21H,8-14H2,(H,22,23)/b7-4+/t19-/m0/s1. The van der Waals surface area contributed by atoms with Gasteiger partial charge in [-0.15, -0.1) is 0 Å². The molecule has 0 unspecified atom stereocenters. The van der Waals surface area contributed by atoms with Crippen LogP contribution in [-0.2, 0) is 11.2 Å². The Labute approximate surface area is 153 Å². The van der Waals surface area contributed by atoms with Crippen LogP contribution >= 0.6 is 0 Å². The molecule has 0 spiro atoms. The molecule has 2 N–H and O–H groups in total.